The van der Waals surface area contributed by atoms with Gasteiger partial charge in [0.15, 0.2) is 0 Å². The highest BCUT2D eigenvalue weighted by Gasteiger charge is 2.30. The highest BCUT2D eigenvalue weighted by atomic mass is 32.2. The fraction of sp³-hybridized carbons (Fsp3) is 0.583. The summed E-state index contributed by atoms with van der Waals surface area (Å²) in [6.45, 7) is 2.90. The normalized spacial score (nSPS) is 17.9. The summed E-state index contributed by atoms with van der Waals surface area (Å²) in [4.78, 5) is 11.3. The quantitative estimate of drug-likeness (QED) is 0.916. The third kappa shape index (κ3) is 3.50. The number of sulfonamides is 1. The molecule has 0 aliphatic carbocycles. The number of nitrogens with one attached hydrogen (secondary N) is 1. The molecule has 0 radical (unpaired) electrons. The van der Waals surface area contributed by atoms with Crippen molar-refractivity contribution in [2.24, 2.45) is 0 Å². The molecule has 1 N–H and O–H groups in total. The van der Waals surface area contributed by atoms with Crippen molar-refractivity contribution < 1.29 is 17.9 Å². The van der Waals surface area contributed by atoms with E-state index in [0.29, 0.717) is 36.7 Å². The van der Waals surface area contributed by atoms with E-state index in [0.717, 1.165) is 0 Å². The minimum Gasteiger partial charge on any atom is -0.450 e. The monoisotopic (exact) mass is 318 g/mol. The summed E-state index contributed by atoms with van der Waals surface area (Å²) < 4.78 is 31.3. The Morgan fingerprint density at radius 1 is 1.50 bits per heavy atom. The largest absolute Gasteiger partial charge is 0.450 e. The Morgan fingerprint density at radius 3 is 2.75 bits per heavy atom. The average molecular weight is 318 g/mol. The van der Waals surface area contributed by atoms with Crippen molar-refractivity contribution in [3.63, 3.8) is 0 Å². The highest BCUT2D eigenvalue weighted by molar-refractivity contribution is 7.91. The molecule has 1 aromatic rings. The zero-order chi connectivity index (χ0) is 14.6. The van der Waals surface area contributed by atoms with E-state index < -0.39 is 16.1 Å². The molecule has 0 saturated carbocycles. The van der Waals surface area contributed by atoms with E-state index in [4.69, 9.17) is 4.74 Å². The molecular formula is C12H18N2O4S2. The second-order valence-electron chi connectivity index (χ2n) is 4.48. The molecule has 2 rings (SSSR count). The number of alkyl carbamates (subject to hydrolysis) is 1. The molecule has 8 heteroatoms. The zero-order valence-electron chi connectivity index (χ0n) is 11.2. The standard InChI is InChI=1S/C12H18N2O4S2/c1-2-18-12(15)13-10-5-7-14(8-6-10)20(16,17)11-4-3-9-19-11/h3-4,9-10H,2,5-8H2,1H3,(H,13,15). The van der Waals surface area contributed by atoms with E-state index in [1.807, 2.05) is 0 Å². The molecule has 6 nitrogen and oxygen atoms in total. The minimum absolute atomic E-state index is 0.0242. The second-order valence-corrected chi connectivity index (χ2v) is 7.59. The SMILES string of the molecule is CCOC(=O)NC1CCN(S(=O)(=O)c2cccs2)CC1. The topological polar surface area (TPSA) is 75.7 Å². The smallest absolute Gasteiger partial charge is 0.407 e. The Kier molecular flexibility index (Phi) is 5.00. The number of carbonyl (C=O) groups is 1. The molecule has 1 aliphatic rings. The fourth-order valence-corrected chi connectivity index (χ4v) is 4.73. The molecule has 1 saturated heterocycles. The van der Waals surface area contributed by atoms with Gasteiger partial charge in [-0.05, 0) is 31.2 Å². The molecule has 20 heavy (non-hydrogen) atoms. The number of ether oxygens (including phenoxy) is 1. The number of hydrogen-bond donors (Lipinski definition) is 1. The van der Waals surface area contributed by atoms with Crippen molar-refractivity contribution in [3.8, 4) is 0 Å². The van der Waals surface area contributed by atoms with Crippen molar-refractivity contribution in [2.45, 2.75) is 30.0 Å². The number of carbonyl (C=O) groups excluding carboxylic acids is 1. The van der Waals surface area contributed by atoms with E-state index in [9.17, 15) is 13.2 Å². The number of amides is 1. The Morgan fingerprint density at radius 2 is 2.20 bits per heavy atom. The molecule has 1 aromatic heterocycles. The van der Waals surface area contributed by atoms with Gasteiger partial charge in [0.05, 0.1) is 6.61 Å². The molecule has 1 aliphatic heterocycles. The lowest BCUT2D eigenvalue weighted by Crippen LogP contribution is -2.46. The Balaban J connectivity index is 1.90. The fourth-order valence-electron chi connectivity index (χ4n) is 2.12. The van der Waals surface area contributed by atoms with Gasteiger partial charge in [-0.25, -0.2) is 13.2 Å². The lowest BCUT2D eigenvalue weighted by Gasteiger charge is -2.30. The molecular weight excluding hydrogens is 300 g/mol. The maximum Gasteiger partial charge on any atom is 0.407 e. The van der Waals surface area contributed by atoms with Crippen LogP contribution in [0.25, 0.3) is 0 Å². The van der Waals surface area contributed by atoms with E-state index in [1.54, 1.807) is 24.4 Å². The lowest BCUT2D eigenvalue weighted by atomic mass is 10.1. The van der Waals surface area contributed by atoms with Crippen LogP contribution in [0.4, 0.5) is 4.79 Å². The van der Waals surface area contributed by atoms with E-state index in [-0.39, 0.29) is 6.04 Å². The second kappa shape index (κ2) is 6.55. The van der Waals surface area contributed by atoms with Crippen LogP contribution in [0.3, 0.4) is 0 Å². The zero-order valence-corrected chi connectivity index (χ0v) is 12.9. The predicted molar refractivity (Wildman–Crippen MR) is 76.3 cm³/mol. The van der Waals surface area contributed by atoms with Crippen LogP contribution >= 0.6 is 11.3 Å². The predicted octanol–water partition coefficient (Wildman–Crippen LogP) is 1.65. The van der Waals surface area contributed by atoms with Gasteiger partial charge in [0.25, 0.3) is 10.0 Å². The summed E-state index contributed by atoms with van der Waals surface area (Å²) in [5, 5.41) is 4.50. The Bertz CT molecular complexity index is 534. The van der Waals surface area contributed by atoms with Crippen molar-refractivity contribution >= 4 is 27.5 Å². The number of rotatable bonds is 4. The molecule has 0 bridgehead atoms. The van der Waals surface area contributed by atoms with Crippen molar-refractivity contribution in [1.82, 2.24) is 9.62 Å². The molecule has 0 spiro atoms. The molecule has 0 unspecified atom stereocenters. The van der Waals surface area contributed by atoms with Crippen LogP contribution in [0, 0.1) is 0 Å². The van der Waals surface area contributed by atoms with Crippen LogP contribution in [0.15, 0.2) is 21.7 Å². The summed E-state index contributed by atoms with van der Waals surface area (Å²) in [5.41, 5.74) is 0. The minimum atomic E-state index is -3.37. The highest BCUT2D eigenvalue weighted by Crippen LogP contribution is 2.24. The Hall–Kier alpha value is -1.12. The van der Waals surface area contributed by atoms with Crippen LogP contribution < -0.4 is 5.32 Å². The van der Waals surface area contributed by atoms with Crippen molar-refractivity contribution in [2.75, 3.05) is 19.7 Å². The van der Waals surface area contributed by atoms with Crippen LogP contribution in [-0.2, 0) is 14.8 Å². The van der Waals surface area contributed by atoms with Crippen LogP contribution in [0.2, 0.25) is 0 Å². The first-order chi connectivity index (χ1) is 9.54. The third-order valence-electron chi connectivity index (χ3n) is 3.14. The molecule has 2 heterocycles. The summed E-state index contributed by atoms with van der Waals surface area (Å²) in [6, 6.07) is 3.32. The summed E-state index contributed by atoms with van der Waals surface area (Å²) in [5.74, 6) is 0. The molecule has 112 valence electrons. The van der Waals surface area contributed by atoms with Gasteiger partial charge < -0.3 is 10.1 Å². The van der Waals surface area contributed by atoms with Crippen molar-refractivity contribution in [1.29, 1.82) is 0 Å². The summed E-state index contributed by atoms with van der Waals surface area (Å²) in [7, 11) is -3.37. The van der Waals surface area contributed by atoms with Gasteiger partial charge in [0.2, 0.25) is 0 Å². The molecule has 0 aromatic carbocycles. The van der Waals surface area contributed by atoms with Gasteiger partial charge in [0, 0.05) is 19.1 Å². The molecule has 0 atom stereocenters. The van der Waals surface area contributed by atoms with Gasteiger partial charge in [-0.1, -0.05) is 6.07 Å². The summed E-state index contributed by atoms with van der Waals surface area (Å²) in [6.07, 6.45) is 0.763. The maximum absolute atomic E-state index is 12.3. The van der Waals surface area contributed by atoms with Crippen LogP contribution in [0.5, 0.6) is 0 Å². The molecule has 1 fully saturated rings. The van der Waals surface area contributed by atoms with E-state index >= 15 is 0 Å². The van der Waals surface area contributed by atoms with Gasteiger partial charge in [-0.2, -0.15) is 4.31 Å². The first kappa shape index (κ1) is 15.3. The van der Waals surface area contributed by atoms with E-state index in [2.05, 4.69) is 5.32 Å². The number of nitrogens with zero attached hydrogens (tertiary/aromatic N) is 1. The van der Waals surface area contributed by atoms with Crippen molar-refractivity contribution in [3.05, 3.63) is 17.5 Å². The van der Waals surface area contributed by atoms with Crippen LogP contribution in [-0.4, -0.2) is 44.6 Å². The first-order valence-electron chi connectivity index (χ1n) is 6.51. The first-order valence-corrected chi connectivity index (χ1v) is 8.83. The lowest BCUT2D eigenvalue weighted by molar-refractivity contribution is 0.143. The molecule has 1 amide bonds. The summed E-state index contributed by atoms with van der Waals surface area (Å²) >= 11 is 1.22. The van der Waals surface area contributed by atoms with E-state index in [1.165, 1.54) is 15.6 Å². The van der Waals surface area contributed by atoms with Gasteiger partial charge >= 0.3 is 6.09 Å². The number of piperidine rings is 1. The average Bonchev–Trinajstić information content (AvgIpc) is 2.94. The van der Waals surface area contributed by atoms with Gasteiger partial charge in [-0.15, -0.1) is 11.3 Å². The Labute approximate surface area is 122 Å². The van der Waals surface area contributed by atoms with Gasteiger partial charge in [0.1, 0.15) is 4.21 Å². The van der Waals surface area contributed by atoms with Crippen LogP contribution in [0.1, 0.15) is 19.8 Å². The van der Waals surface area contributed by atoms with Gasteiger partial charge in [-0.3, -0.25) is 0 Å². The third-order valence-corrected chi connectivity index (χ3v) is 6.41. The number of thiophene rings is 1. The number of hydrogen-bond acceptors (Lipinski definition) is 5. The maximum atomic E-state index is 12.3.